The minimum atomic E-state index is -0.966. The normalized spacial score (nSPS) is 17.5. The zero-order valence-corrected chi connectivity index (χ0v) is 58.1. The van der Waals surface area contributed by atoms with Crippen molar-refractivity contribution >= 4 is 70.6 Å². The zero-order chi connectivity index (χ0) is 70.1. The van der Waals surface area contributed by atoms with Gasteiger partial charge in [-0.2, -0.15) is 0 Å². The van der Waals surface area contributed by atoms with Gasteiger partial charge in [-0.3, -0.25) is 48.1 Å². The molecule has 6 N–H and O–H groups in total. The number of methoxy groups -OCH3 is 2. The van der Waals surface area contributed by atoms with E-state index < -0.39 is 72.2 Å². The summed E-state index contributed by atoms with van der Waals surface area (Å²) in [6.07, 6.45) is 3.38. The number of nitrogens with two attached hydrogens (primary N) is 1. The number of likely N-dealkylation sites (tertiary alicyclic amines) is 1. The van der Waals surface area contributed by atoms with Gasteiger partial charge in [-0.1, -0.05) is 125 Å². The average molecular weight is 1310 g/mol. The lowest BCUT2D eigenvalue weighted by Gasteiger charge is -2.41. The number of anilines is 1. The Labute approximate surface area is 556 Å². The lowest BCUT2D eigenvalue weighted by atomic mass is 9.83. The molecule has 23 nitrogen and oxygen atoms in total. The molecule has 2 aromatic carbocycles. The monoisotopic (exact) mass is 1310 g/mol. The van der Waals surface area contributed by atoms with Gasteiger partial charge in [0.05, 0.1) is 48.9 Å². The maximum Gasteiger partial charge on any atom is 0.410 e. The summed E-state index contributed by atoms with van der Waals surface area (Å²) in [5.41, 5.74) is 6.94. The highest BCUT2D eigenvalue weighted by Crippen LogP contribution is 2.34. The Bertz CT molecular complexity index is 2870. The van der Waals surface area contributed by atoms with E-state index in [1.54, 1.807) is 62.1 Å². The van der Waals surface area contributed by atoms with E-state index in [0.29, 0.717) is 62.7 Å². The first-order chi connectivity index (χ1) is 44.5. The van der Waals surface area contributed by atoms with Gasteiger partial charge in [0.25, 0.3) is 11.8 Å². The van der Waals surface area contributed by atoms with Crippen molar-refractivity contribution in [3.8, 4) is 0 Å². The van der Waals surface area contributed by atoms with Gasteiger partial charge >= 0.3 is 12.1 Å². The number of unbranched alkanes of at least 4 members (excludes halogenated alkanes) is 2. The van der Waals surface area contributed by atoms with E-state index in [0.717, 1.165) is 10.5 Å². The van der Waals surface area contributed by atoms with E-state index in [4.69, 9.17) is 19.9 Å². The van der Waals surface area contributed by atoms with Crippen molar-refractivity contribution in [1.82, 2.24) is 30.2 Å². The molecule has 9 amide bonds. The van der Waals surface area contributed by atoms with Crippen molar-refractivity contribution in [2.24, 2.45) is 53.1 Å². The molecule has 2 aromatic rings. The lowest BCUT2D eigenvalue weighted by molar-refractivity contribution is -0.149. The van der Waals surface area contributed by atoms with Gasteiger partial charge in [-0.05, 0) is 91.4 Å². The van der Waals surface area contributed by atoms with Crippen LogP contribution in [0.3, 0.4) is 0 Å². The molecule has 94 heavy (non-hydrogen) atoms. The second-order valence-electron chi connectivity index (χ2n) is 26.7. The summed E-state index contributed by atoms with van der Waals surface area (Å²) in [6.45, 7) is 19.3. The van der Waals surface area contributed by atoms with Crippen molar-refractivity contribution in [2.45, 2.75) is 202 Å². The Morgan fingerprint density at radius 1 is 0.723 bits per heavy atom. The number of carbonyl (C=O) groups is 11. The number of aliphatic hydroxyl groups excluding tert-OH is 1. The predicted octanol–water partition coefficient (Wildman–Crippen LogP) is 8.35. The average Bonchev–Trinajstić information content (AvgIpc) is 1.33. The third kappa shape index (κ3) is 23.2. The number of primary amides is 1. The molecule has 1 unspecified atom stereocenters. The smallest absolute Gasteiger partial charge is 0.410 e. The molecular weight excluding hydrogens is 1200 g/mol. The molecule has 2 aliphatic rings. The van der Waals surface area contributed by atoms with Crippen LogP contribution in [-0.2, 0) is 64.0 Å². The maximum atomic E-state index is 14.9. The lowest BCUT2D eigenvalue weighted by Crippen LogP contribution is -2.54. The maximum absolute atomic E-state index is 14.9. The number of nitrogens with one attached hydrogen (secondary N) is 3. The number of hydrogen-bond acceptors (Lipinski definition) is 15. The Balaban J connectivity index is 1.37. The van der Waals surface area contributed by atoms with Gasteiger partial charge in [0, 0.05) is 109 Å². The van der Waals surface area contributed by atoms with E-state index in [9.17, 15) is 57.8 Å². The van der Waals surface area contributed by atoms with Crippen LogP contribution in [0.15, 0.2) is 66.7 Å². The predicted molar refractivity (Wildman–Crippen MR) is 357 cm³/mol. The standard InChI is InChI=1S/C71H108N8O15/c1-15-46(8)65(58(92-13)41-62(86)78-37-23-27-54(78)67(93-14)48(10)55(80)38-47(9)66(87)50-24-18-16-19-25-50)76(11)69(89)53(43(2)3)40-57(82)64(45(6)7)77(12)71(91)94-42-49-29-31-52(32-30-49)74-68(88)51(26-22-35-73-70(72)90)39-56(81)63(44(4)5)75-59(83)28-20-17-21-36-79-60(84)33-34-61(79)85/h16,18-19,24-25,29-34,43-48,51,53-54,58,63-67,87H,15,17,20-23,26-28,35-42H2,1-14H3,(H,74,88)(H,75,83)(H3,72,73,90)/t46-,47-,48-,51+,53?,54-,58+,63-,64-,65-,66+,67-/m0/s1. The Kier molecular flexibility index (Phi) is 32.7. The van der Waals surface area contributed by atoms with E-state index in [1.807, 2.05) is 85.7 Å². The third-order valence-corrected chi connectivity index (χ3v) is 18.7. The molecule has 2 aliphatic heterocycles. The highest BCUT2D eigenvalue weighted by molar-refractivity contribution is 6.12. The highest BCUT2D eigenvalue weighted by Gasteiger charge is 2.44. The van der Waals surface area contributed by atoms with Crippen LogP contribution in [0.2, 0.25) is 0 Å². The number of urea groups is 1. The van der Waals surface area contributed by atoms with Crippen LogP contribution in [0, 0.1) is 47.3 Å². The van der Waals surface area contributed by atoms with Crippen LogP contribution in [0.1, 0.15) is 170 Å². The van der Waals surface area contributed by atoms with Crippen molar-refractivity contribution in [2.75, 3.05) is 53.3 Å². The van der Waals surface area contributed by atoms with Crippen molar-refractivity contribution in [3.05, 3.63) is 77.9 Å². The number of benzene rings is 2. The Hall–Kier alpha value is -7.37. The Morgan fingerprint density at radius 2 is 1.37 bits per heavy atom. The molecule has 0 aromatic heterocycles. The first-order valence-corrected chi connectivity index (χ1v) is 33.6. The topological polar surface area (TPSA) is 311 Å². The fourth-order valence-corrected chi connectivity index (χ4v) is 13.0. The van der Waals surface area contributed by atoms with Gasteiger partial charge in [-0.25, -0.2) is 9.59 Å². The van der Waals surface area contributed by atoms with Crippen molar-refractivity contribution < 1.29 is 72.1 Å². The number of ether oxygens (including phenoxy) is 3. The molecule has 2 heterocycles. The number of Topliss-reactive ketones (excluding diaryl/α,β-unsaturated/α-hetero) is 3. The SMILES string of the molecule is CC[C@H](C)[C@@H]([C@@H](CC(=O)N1CCC[C@H]1[C@@H](OC)[C@@H](C)C(=O)C[C@H](C)[C@@H](O)c1ccccc1)OC)N(C)C(=O)C(CC(=O)[C@H](C(C)C)N(C)C(=O)OCc1ccc(NC(=O)[C@H](CCCNC(N)=O)CC(=O)[C@@H](NC(=O)CCCCCN2C(=O)C=CC2=O)C(C)C)cc1)C(C)C. The summed E-state index contributed by atoms with van der Waals surface area (Å²) in [5.74, 6) is -6.50. The summed E-state index contributed by atoms with van der Waals surface area (Å²) in [7, 11) is 6.24. The number of rotatable bonds is 41. The molecule has 4 rings (SSSR count). The zero-order valence-electron chi connectivity index (χ0n) is 58.1. The molecule has 12 atom stereocenters. The molecule has 1 fully saturated rings. The van der Waals surface area contributed by atoms with Crippen LogP contribution in [0.4, 0.5) is 15.3 Å². The molecular formula is C71H108N8O15. The number of hydrogen-bond donors (Lipinski definition) is 5. The number of carbonyl (C=O) groups excluding carboxylic acids is 11. The van der Waals surface area contributed by atoms with Crippen molar-refractivity contribution in [1.29, 1.82) is 0 Å². The first kappa shape index (κ1) is 79.1. The largest absolute Gasteiger partial charge is 0.445 e. The van der Waals surface area contributed by atoms with Crippen LogP contribution >= 0.6 is 0 Å². The molecule has 0 aliphatic carbocycles. The van der Waals surface area contributed by atoms with Gasteiger partial charge in [0.2, 0.25) is 23.6 Å². The van der Waals surface area contributed by atoms with E-state index in [2.05, 4.69) is 16.0 Å². The summed E-state index contributed by atoms with van der Waals surface area (Å²) < 4.78 is 17.9. The van der Waals surface area contributed by atoms with Crippen LogP contribution in [0.5, 0.6) is 0 Å². The van der Waals surface area contributed by atoms with Gasteiger partial charge < -0.3 is 55.7 Å². The number of ketones is 3. The third-order valence-electron chi connectivity index (χ3n) is 18.7. The number of aliphatic hydroxyl groups is 1. The molecule has 0 bridgehead atoms. The second-order valence-corrected chi connectivity index (χ2v) is 26.7. The van der Waals surface area contributed by atoms with E-state index in [-0.39, 0.29) is 141 Å². The second kappa shape index (κ2) is 38.9. The summed E-state index contributed by atoms with van der Waals surface area (Å²) in [4.78, 5) is 153. The van der Waals surface area contributed by atoms with Crippen molar-refractivity contribution in [3.63, 3.8) is 0 Å². The first-order valence-electron chi connectivity index (χ1n) is 33.6. The number of imide groups is 1. The molecule has 1 saturated heterocycles. The molecule has 23 heteroatoms. The van der Waals surface area contributed by atoms with E-state index >= 15 is 0 Å². The number of nitrogens with zero attached hydrogens (tertiary/aromatic N) is 4. The molecule has 0 spiro atoms. The number of amides is 9. The molecule has 0 saturated carbocycles. The van der Waals surface area contributed by atoms with Crippen LogP contribution < -0.4 is 21.7 Å². The van der Waals surface area contributed by atoms with Crippen LogP contribution in [0.25, 0.3) is 0 Å². The number of likely N-dealkylation sites (N-methyl/N-ethyl adjacent to an activating group) is 2. The summed E-state index contributed by atoms with van der Waals surface area (Å²) >= 11 is 0. The molecule has 0 radical (unpaired) electrons. The minimum Gasteiger partial charge on any atom is -0.445 e. The van der Waals surface area contributed by atoms with Gasteiger partial charge in [-0.15, -0.1) is 0 Å². The fourth-order valence-electron chi connectivity index (χ4n) is 13.0. The van der Waals surface area contributed by atoms with Gasteiger partial charge in [0.15, 0.2) is 11.6 Å². The minimum absolute atomic E-state index is 0.0541. The fraction of sp³-hybridized carbons (Fsp3) is 0.648. The summed E-state index contributed by atoms with van der Waals surface area (Å²) in [6, 6.07) is 12.2. The quantitative estimate of drug-likeness (QED) is 0.0309. The van der Waals surface area contributed by atoms with E-state index in [1.165, 1.54) is 31.2 Å². The molecule has 522 valence electrons. The highest BCUT2D eigenvalue weighted by atomic mass is 16.6. The van der Waals surface area contributed by atoms with Crippen LogP contribution in [-0.4, -0.2) is 174 Å². The summed E-state index contributed by atoms with van der Waals surface area (Å²) in [5, 5.41) is 19.2. The van der Waals surface area contributed by atoms with Gasteiger partial charge in [0.1, 0.15) is 12.4 Å². The Morgan fingerprint density at radius 3 is 1.95 bits per heavy atom.